The van der Waals surface area contributed by atoms with E-state index in [-0.39, 0.29) is 18.6 Å². The van der Waals surface area contributed by atoms with E-state index in [2.05, 4.69) is 15.6 Å². The average molecular weight is 313 g/mol. The van der Waals surface area contributed by atoms with Crippen molar-refractivity contribution in [2.75, 3.05) is 0 Å². The van der Waals surface area contributed by atoms with E-state index in [1.807, 2.05) is 0 Å². The van der Waals surface area contributed by atoms with Crippen molar-refractivity contribution in [1.82, 2.24) is 15.6 Å². The minimum absolute atomic E-state index is 0.0538. The molecule has 3 atom stereocenters. The van der Waals surface area contributed by atoms with Crippen LogP contribution in [-0.2, 0) is 12.7 Å². The van der Waals surface area contributed by atoms with Crippen LogP contribution in [0.5, 0.6) is 0 Å². The maximum absolute atomic E-state index is 12.6. The van der Waals surface area contributed by atoms with Gasteiger partial charge < -0.3 is 10.6 Å². The number of pyridine rings is 1. The molecule has 0 radical (unpaired) electrons. The van der Waals surface area contributed by atoms with Crippen molar-refractivity contribution in [2.24, 2.45) is 11.8 Å². The maximum atomic E-state index is 12.6. The van der Waals surface area contributed by atoms with Gasteiger partial charge >= 0.3 is 12.2 Å². The van der Waals surface area contributed by atoms with Crippen molar-refractivity contribution in [3.63, 3.8) is 0 Å². The SMILES string of the molecule is O=C(NCc1ccnc(C(F)(F)F)c1)N[C@H]1CC2CC[C@H]1C2. The fourth-order valence-electron chi connectivity index (χ4n) is 3.56. The molecule has 120 valence electrons. The van der Waals surface area contributed by atoms with Crippen molar-refractivity contribution in [1.29, 1.82) is 0 Å². The van der Waals surface area contributed by atoms with Crippen LogP contribution in [0.1, 0.15) is 36.9 Å². The van der Waals surface area contributed by atoms with Crippen molar-refractivity contribution >= 4 is 6.03 Å². The van der Waals surface area contributed by atoms with E-state index in [0.717, 1.165) is 31.0 Å². The second-order valence-electron chi connectivity index (χ2n) is 6.16. The number of carbonyl (C=O) groups excluding carboxylic acids is 1. The number of urea groups is 1. The summed E-state index contributed by atoms with van der Waals surface area (Å²) in [6, 6.07) is 2.31. The normalized spacial score (nSPS) is 27.0. The van der Waals surface area contributed by atoms with Gasteiger partial charge in [0.05, 0.1) is 0 Å². The van der Waals surface area contributed by atoms with Crippen LogP contribution in [0.4, 0.5) is 18.0 Å². The van der Waals surface area contributed by atoms with E-state index >= 15 is 0 Å². The lowest BCUT2D eigenvalue weighted by molar-refractivity contribution is -0.141. The highest BCUT2D eigenvalue weighted by atomic mass is 19.4. The highest BCUT2D eigenvalue weighted by molar-refractivity contribution is 5.74. The summed E-state index contributed by atoms with van der Waals surface area (Å²) in [5.41, 5.74) is -0.564. The number of fused-ring (bicyclic) bond motifs is 2. The molecule has 0 saturated heterocycles. The van der Waals surface area contributed by atoms with Crippen LogP contribution < -0.4 is 10.6 Å². The molecular weight excluding hydrogens is 295 g/mol. The summed E-state index contributed by atoms with van der Waals surface area (Å²) in [6.07, 6.45) is 1.25. The van der Waals surface area contributed by atoms with E-state index in [4.69, 9.17) is 0 Å². The molecule has 2 saturated carbocycles. The van der Waals surface area contributed by atoms with Crippen molar-refractivity contribution in [2.45, 2.75) is 44.4 Å². The monoisotopic (exact) mass is 313 g/mol. The van der Waals surface area contributed by atoms with E-state index in [9.17, 15) is 18.0 Å². The molecule has 1 aromatic heterocycles. The number of nitrogens with zero attached hydrogens (tertiary/aromatic N) is 1. The highest BCUT2D eigenvalue weighted by Crippen LogP contribution is 2.44. The molecule has 2 aliphatic rings. The van der Waals surface area contributed by atoms with Crippen LogP contribution in [0.15, 0.2) is 18.3 Å². The van der Waals surface area contributed by atoms with Crippen LogP contribution in [0.25, 0.3) is 0 Å². The summed E-state index contributed by atoms with van der Waals surface area (Å²) < 4.78 is 37.7. The number of carbonyl (C=O) groups is 1. The van der Waals surface area contributed by atoms with Crippen LogP contribution in [-0.4, -0.2) is 17.1 Å². The topological polar surface area (TPSA) is 54.0 Å². The summed E-state index contributed by atoms with van der Waals surface area (Å²) in [6.45, 7) is 0.0538. The van der Waals surface area contributed by atoms with E-state index < -0.39 is 11.9 Å². The van der Waals surface area contributed by atoms with Crippen LogP contribution >= 0.6 is 0 Å². The standard InChI is InChI=1S/C15H18F3N3O/c16-15(17,18)13-7-10(3-4-19-13)8-20-14(22)21-12-6-9-1-2-11(12)5-9/h3-4,7,9,11-12H,1-2,5-6,8H2,(H2,20,21,22)/t9?,11-,12-/m0/s1. The average Bonchev–Trinajstić information content (AvgIpc) is 3.07. The first kappa shape index (κ1) is 15.1. The van der Waals surface area contributed by atoms with Crippen molar-refractivity contribution in [3.8, 4) is 0 Å². The molecule has 0 spiro atoms. The summed E-state index contributed by atoms with van der Waals surface area (Å²) >= 11 is 0. The Balaban J connectivity index is 1.51. The van der Waals surface area contributed by atoms with E-state index in [0.29, 0.717) is 11.5 Å². The molecule has 22 heavy (non-hydrogen) atoms. The Labute approximate surface area is 126 Å². The summed E-state index contributed by atoms with van der Waals surface area (Å²) in [4.78, 5) is 15.2. The van der Waals surface area contributed by atoms with Crippen molar-refractivity contribution in [3.05, 3.63) is 29.6 Å². The number of hydrogen-bond donors (Lipinski definition) is 2. The molecule has 1 unspecified atom stereocenters. The molecular formula is C15H18F3N3O. The molecule has 4 nitrogen and oxygen atoms in total. The van der Waals surface area contributed by atoms with Gasteiger partial charge in [0, 0.05) is 18.8 Å². The van der Waals surface area contributed by atoms with Gasteiger partial charge in [-0.2, -0.15) is 13.2 Å². The number of nitrogens with one attached hydrogen (secondary N) is 2. The van der Waals surface area contributed by atoms with Gasteiger partial charge in [0.1, 0.15) is 5.69 Å². The van der Waals surface area contributed by atoms with Gasteiger partial charge in [-0.1, -0.05) is 6.42 Å². The zero-order valence-electron chi connectivity index (χ0n) is 12.0. The van der Waals surface area contributed by atoms with Crippen LogP contribution in [0, 0.1) is 11.8 Å². The molecule has 3 rings (SSSR count). The lowest BCUT2D eigenvalue weighted by atomic mass is 9.95. The number of hydrogen-bond acceptors (Lipinski definition) is 2. The number of alkyl halides is 3. The predicted molar refractivity (Wildman–Crippen MR) is 73.8 cm³/mol. The Morgan fingerprint density at radius 2 is 2.14 bits per heavy atom. The van der Waals surface area contributed by atoms with Gasteiger partial charge in [-0.05, 0) is 48.8 Å². The van der Waals surface area contributed by atoms with Gasteiger partial charge in [0.2, 0.25) is 0 Å². The Hall–Kier alpha value is -1.79. The fraction of sp³-hybridized carbons (Fsp3) is 0.600. The highest BCUT2D eigenvalue weighted by Gasteiger charge is 2.40. The molecule has 2 aliphatic carbocycles. The minimum atomic E-state index is -4.47. The fourth-order valence-corrected chi connectivity index (χ4v) is 3.56. The van der Waals surface area contributed by atoms with E-state index in [1.165, 1.54) is 18.9 Å². The minimum Gasteiger partial charge on any atom is -0.335 e. The molecule has 1 aromatic rings. The largest absolute Gasteiger partial charge is 0.433 e. The third kappa shape index (κ3) is 3.34. The number of aromatic nitrogens is 1. The van der Waals surface area contributed by atoms with Crippen molar-refractivity contribution < 1.29 is 18.0 Å². The predicted octanol–water partition coefficient (Wildman–Crippen LogP) is 3.09. The smallest absolute Gasteiger partial charge is 0.335 e. The molecule has 7 heteroatoms. The molecule has 2 N–H and O–H groups in total. The van der Waals surface area contributed by atoms with Gasteiger partial charge in [-0.3, -0.25) is 4.98 Å². The Bertz CT molecular complexity index is 561. The number of amides is 2. The molecule has 1 heterocycles. The first-order chi connectivity index (χ1) is 10.4. The van der Waals surface area contributed by atoms with Gasteiger partial charge in [-0.25, -0.2) is 4.79 Å². The number of halogens is 3. The first-order valence-corrected chi connectivity index (χ1v) is 7.48. The summed E-state index contributed by atoms with van der Waals surface area (Å²) in [5, 5.41) is 5.56. The molecule has 2 amide bonds. The lowest BCUT2D eigenvalue weighted by Gasteiger charge is -2.23. The summed E-state index contributed by atoms with van der Waals surface area (Å²) in [5.74, 6) is 1.29. The van der Waals surface area contributed by atoms with Gasteiger partial charge in [0.15, 0.2) is 0 Å². The zero-order chi connectivity index (χ0) is 15.7. The van der Waals surface area contributed by atoms with Gasteiger partial charge in [0.25, 0.3) is 0 Å². The Kier molecular flexibility index (Phi) is 3.97. The second-order valence-corrected chi connectivity index (χ2v) is 6.16. The molecule has 0 aliphatic heterocycles. The first-order valence-electron chi connectivity index (χ1n) is 7.48. The zero-order valence-corrected chi connectivity index (χ0v) is 12.0. The lowest BCUT2D eigenvalue weighted by Crippen LogP contribution is -2.44. The second kappa shape index (κ2) is 5.78. The third-order valence-electron chi connectivity index (χ3n) is 4.62. The Morgan fingerprint density at radius 1 is 1.32 bits per heavy atom. The number of rotatable bonds is 3. The van der Waals surface area contributed by atoms with Gasteiger partial charge in [-0.15, -0.1) is 0 Å². The molecule has 0 aromatic carbocycles. The summed E-state index contributed by atoms with van der Waals surface area (Å²) in [7, 11) is 0. The Morgan fingerprint density at radius 3 is 2.77 bits per heavy atom. The molecule has 2 bridgehead atoms. The van der Waals surface area contributed by atoms with Crippen LogP contribution in [0.3, 0.4) is 0 Å². The quantitative estimate of drug-likeness (QED) is 0.901. The molecule has 2 fully saturated rings. The third-order valence-corrected chi connectivity index (χ3v) is 4.62. The van der Waals surface area contributed by atoms with Crippen LogP contribution in [0.2, 0.25) is 0 Å². The van der Waals surface area contributed by atoms with E-state index in [1.54, 1.807) is 0 Å². The maximum Gasteiger partial charge on any atom is 0.433 e.